The lowest BCUT2D eigenvalue weighted by Crippen LogP contribution is -2.27. The summed E-state index contributed by atoms with van der Waals surface area (Å²) in [5, 5.41) is 9.91. The molecule has 1 rings (SSSR count). The van der Waals surface area contributed by atoms with Gasteiger partial charge in [-0.2, -0.15) is 0 Å². The van der Waals surface area contributed by atoms with Crippen LogP contribution in [0.15, 0.2) is 0 Å². The molecule has 4 heteroatoms. The molecule has 0 aromatic rings. The molecule has 0 aromatic heterocycles. The van der Waals surface area contributed by atoms with E-state index in [0.29, 0.717) is 0 Å². The van der Waals surface area contributed by atoms with Gasteiger partial charge in [-0.1, -0.05) is 0 Å². The second-order valence-electron chi connectivity index (χ2n) is 2.25. The van der Waals surface area contributed by atoms with Crippen LogP contribution in [0.1, 0.15) is 0 Å². The Bertz CT molecular complexity index is 41.5. The average molecular weight is 166 g/mol. The Morgan fingerprint density at radius 2 is 0.700 bits per heavy atom. The van der Waals surface area contributed by atoms with Crippen molar-refractivity contribution in [3.63, 3.8) is 0 Å². The predicted molar refractivity (Wildman–Crippen MR) is 45.9 cm³/mol. The van der Waals surface area contributed by atoms with E-state index in [-0.39, 0.29) is 12.4 Å². The largest absolute Gasteiger partial charge is 0.314 e. The average Bonchev–Trinajstić information content (AvgIpc) is 2.00. The number of halogens is 1. The van der Waals surface area contributed by atoms with Gasteiger partial charge in [-0.15, -0.1) is 12.4 Å². The summed E-state index contributed by atoms with van der Waals surface area (Å²) in [4.78, 5) is 0. The number of hydrogen-bond acceptors (Lipinski definition) is 3. The maximum Gasteiger partial charge on any atom is 0.00772 e. The van der Waals surface area contributed by atoms with Crippen LogP contribution in [0, 0.1) is 0 Å². The van der Waals surface area contributed by atoms with Crippen molar-refractivity contribution >= 4 is 12.4 Å². The van der Waals surface area contributed by atoms with Crippen molar-refractivity contribution in [2.45, 2.75) is 0 Å². The van der Waals surface area contributed by atoms with Gasteiger partial charge in [0.2, 0.25) is 0 Å². The van der Waals surface area contributed by atoms with Crippen molar-refractivity contribution in [1.29, 1.82) is 0 Å². The second-order valence-corrected chi connectivity index (χ2v) is 2.25. The van der Waals surface area contributed by atoms with Crippen LogP contribution < -0.4 is 16.0 Å². The van der Waals surface area contributed by atoms with Crippen LogP contribution in [0.3, 0.4) is 0 Å². The van der Waals surface area contributed by atoms with Gasteiger partial charge >= 0.3 is 0 Å². The molecule has 0 atom stereocenters. The first-order valence-electron chi connectivity index (χ1n) is 3.62. The summed E-state index contributed by atoms with van der Waals surface area (Å²) in [6.07, 6.45) is 0. The maximum absolute atomic E-state index is 3.30. The van der Waals surface area contributed by atoms with Gasteiger partial charge in [0, 0.05) is 39.3 Å². The fourth-order valence-corrected chi connectivity index (χ4v) is 0.905. The van der Waals surface area contributed by atoms with Crippen LogP contribution in [0.25, 0.3) is 0 Å². The highest BCUT2D eigenvalue weighted by molar-refractivity contribution is 5.85. The van der Waals surface area contributed by atoms with E-state index in [1.54, 1.807) is 0 Å². The molecule has 3 nitrogen and oxygen atoms in total. The zero-order valence-electron chi connectivity index (χ0n) is 6.15. The third kappa shape index (κ3) is 4.99. The summed E-state index contributed by atoms with van der Waals surface area (Å²) >= 11 is 0. The second kappa shape index (κ2) is 7.28. The molecule has 62 valence electrons. The molecule has 0 saturated carbocycles. The first-order valence-corrected chi connectivity index (χ1v) is 3.62. The molecule has 0 radical (unpaired) electrons. The highest BCUT2D eigenvalue weighted by Crippen LogP contribution is 1.65. The van der Waals surface area contributed by atoms with Crippen molar-refractivity contribution in [1.82, 2.24) is 16.0 Å². The van der Waals surface area contributed by atoms with Crippen LogP contribution in [-0.4, -0.2) is 39.3 Å². The molecule has 0 spiro atoms. The molecule has 0 aromatic carbocycles. The van der Waals surface area contributed by atoms with E-state index in [2.05, 4.69) is 16.0 Å². The quantitative estimate of drug-likeness (QED) is 0.440. The minimum atomic E-state index is 0. The molecular weight excluding hydrogens is 150 g/mol. The van der Waals surface area contributed by atoms with Gasteiger partial charge in [-0.05, 0) is 0 Å². The molecule has 0 aliphatic carbocycles. The summed E-state index contributed by atoms with van der Waals surface area (Å²) in [7, 11) is 0. The Balaban J connectivity index is 0.000000810. The highest BCUT2D eigenvalue weighted by atomic mass is 35.5. The Labute approximate surface area is 68.4 Å². The van der Waals surface area contributed by atoms with E-state index in [4.69, 9.17) is 0 Å². The molecule has 1 heterocycles. The Hall–Kier alpha value is 0.170. The van der Waals surface area contributed by atoms with Gasteiger partial charge in [0.15, 0.2) is 0 Å². The third-order valence-corrected chi connectivity index (χ3v) is 1.44. The van der Waals surface area contributed by atoms with Crippen molar-refractivity contribution < 1.29 is 0 Å². The molecule has 0 bridgehead atoms. The minimum absolute atomic E-state index is 0. The van der Waals surface area contributed by atoms with Crippen LogP contribution in [0.5, 0.6) is 0 Å². The zero-order valence-corrected chi connectivity index (χ0v) is 6.97. The molecule has 1 saturated heterocycles. The summed E-state index contributed by atoms with van der Waals surface area (Å²) in [5.41, 5.74) is 0. The standard InChI is InChI=1S/C6H15N3.ClH/c1-2-8-5-6-9-4-3-7-1;/h7-9H,1-6H2;1H. The summed E-state index contributed by atoms with van der Waals surface area (Å²) in [5.74, 6) is 0. The van der Waals surface area contributed by atoms with Crippen molar-refractivity contribution in [3.8, 4) is 0 Å². The van der Waals surface area contributed by atoms with Gasteiger partial charge in [0.05, 0.1) is 0 Å². The first kappa shape index (κ1) is 10.2. The fourth-order valence-electron chi connectivity index (χ4n) is 0.905. The number of nitrogens with one attached hydrogen (secondary N) is 3. The third-order valence-electron chi connectivity index (χ3n) is 1.44. The molecule has 1 aliphatic heterocycles. The maximum atomic E-state index is 3.30. The van der Waals surface area contributed by atoms with Crippen LogP contribution >= 0.6 is 12.4 Å². The topological polar surface area (TPSA) is 36.1 Å². The van der Waals surface area contributed by atoms with Gasteiger partial charge in [0.1, 0.15) is 0 Å². The summed E-state index contributed by atoms with van der Waals surface area (Å²) in [6, 6.07) is 0. The molecular formula is C6H16ClN3. The van der Waals surface area contributed by atoms with Crippen molar-refractivity contribution in [2.24, 2.45) is 0 Å². The molecule has 0 unspecified atom stereocenters. The predicted octanol–water partition coefficient (Wildman–Crippen LogP) is -0.809. The number of rotatable bonds is 0. The highest BCUT2D eigenvalue weighted by Gasteiger charge is 1.91. The molecule has 1 fully saturated rings. The van der Waals surface area contributed by atoms with E-state index in [0.717, 1.165) is 39.3 Å². The lowest BCUT2D eigenvalue weighted by molar-refractivity contribution is 0.652. The molecule has 0 amide bonds. The Morgan fingerprint density at radius 3 is 0.900 bits per heavy atom. The van der Waals surface area contributed by atoms with Gasteiger partial charge < -0.3 is 16.0 Å². The smallest absolute Gasteiger partial charge is 0.00772 e. The van der Waals surface area contributed by atoms with Crippen molar-refractivity contribution in [3.05, 3.63) is 0 Å². The van der Waals surface area contributed by atoms with Gasteiger partial charge in [-0.3, -0.25) is 0 Å². The SMILES string of the molecule is C1CNCCNCCN1.Cl. The van der Waals surface area contributed by atoms with E-state index in [9.17, 15) is 0 Å². The number of hydrogen-bond donors (Lipinski definition) is 3. The van der Waals surface area contributed by atoms with E-state index in [1.165, 1.54) is 0 Å². The zero-order chi connectivity index (χ0) is 6.36. The van der Waals surface area contributed by atoms with Crippen molar-refractivity contribution in [2.75, 3.05) is 39.3 Å². The normalized spacial score (nSPS) is 21.6. The minimum Gasteiger partial charge on any atom is -0.314 e. The fraction of sp³-hybridized carbons (Fsp3) is 1.00. The lowest BCUT2D eigenvalue weighted by atomic mass is 10.6. The van der Waals surface area contributed by atoms with Gasteiger partial charge in [0.25, 0.3) is 0 Å². The van der Waals surface area contributed by atoms with Gasteiger partial charge in [-0.25, -0.2) is 0 Å². The monoisotopic (exact) mass is 165 g/mol. The summed E-state index contributed by atoms with van der Waals surface area (Å²) in [6.45, 7) is 6.59. The summed E-state index contributed by atoms with van der Waals surface area (Å²) < 4.78 is 0. The lowest BCUT2D eigenvalue weighted by Gasteiger charge is -1.99. The van der Waals surface area contributed by atoms with E-state index >= 15 is 0 Å². The van der Waals surface area contributed by atoms with E-state index in [1.807, 2.05) is 0 Å². The van der Waals surface area contributed by atoms with Crippen LogP contribution in [0.2, 0.25) is 0 Å². The first-order chi connectivity index (χ1) is 4.50. The van der Waals surface area contributed by atoms with E-state index < -0.39 is 0 Å². The Morgan fingerprint density at radius 1 is 0.500 bits per heavy atom. The molecule has 3 N–H and O–H groups in total. The Kier molecular flexibility index (Phi) is 7.40. The van der Waals surface area contributed by atoms with Crippen LogP contribution in [-0.2, 0) is 0 Å². The van der Waals surface area contributed by atoms with Crippen LogP contribution in [0.4, 0.5) is 0 Å². The molecule has 1 aliphatic rings. The molecule has 10 heavy (non-hydrogen) atoms.